The molecule has 2 nitrogen and oxygen atoms in total. The molecule has 0 unspecified atom stereocenters. The summed E-state index contributed by atoms with van der Waals surface area (Å²) >= 11 is 0. The van der Waals surface area contributed by atoms with Gasteiger partial charge < -0.3 is 10.1 Å². The smallest absolute Gasteiger partial charge is 0.0944 e. The largest absolute Gasteiger partial charge is 0.498 e. The number of hydrogen-bond acceptors (Lipinski definition) is 2. The van der Waals surface area contributed by atoms with Crippen LogP contribution in [0, 0.1) is 5.41 Å². The van der Waals surface area contributed by atoms with Gasteiger partial charge in [0.1, 0.15) is 0 Å². The van der Waals surface area contributed by atoms with E-state index in [0.717, 1.165) is 38.3 Å². The minimum Gasteiger partial charge on any atom is -0.498 e. The van der Waals surface area contributed by atoms with Gasteiger partial charge >= 0.3 is 0 Å². The first kappa shape index (κ1) is 15.5. The Morgan fingerprint density at radius 1 is 1.19 bits per heavy atom. The van der Waals surface area contributed by atoms with Crippen LogP contribution in [-0.2, 0) is 4.74 Å². The SMILES string of the molecule is C=C(OCCCC)C(C)(C)CCNCCC. The lowest BCUT2D eigenvalue weighted by Crippen LogP contribution is -2.25. The zero-order chi connectivity index (χ0) is 12.4. The average molecular weight is 227 g/mol. The van der Waals surface area contributed by atoms with E-state index in [1.165, 1.54) is 12.8 Å². The molecular formula is C14H29NO. The number of rotatable bonds is 10. The molecule has 0 spiro atoms. The highest BCUT2D eigenvalue weighted by molar-refractivity contribution is 4.98. The summed E-state index contributed by atoms with van der Waals surface area (Å²) < 4.78 is 5.68. The Labute approximate surface area is 101 Å². The molecule has 0 aromatic rings. The maximum atomic E-state index is 5.68. The monoisotopic (exact) mass is 227 g/mol. The molecule has 1 N–H and O–H groups in total. The fourth-order valence-corrected chi connectivity index (χ4v) is 1.38. The lowest BCUT2D eigenvalue weighted by atomic mass is 9.87. The van der Waals surface area contributed by atoms with Gasteiger partial charge in [0.05, 0.1) is 12.4 Å². The standard InChI is InChI=1S/C14H29NO/c1-6-8-12-16-13(3)14(4,5)9-11-15-10-7-2/h15H,3,6-12H2,1-2,4-5H3. The first-order valence-corrected chi connectivity index (χ1v) is 6.57. The van der Waals surface area contributed by atoms with Crippen molar-refractivity contribution in [1.29, 1.82) is 0 Å². The summed E-state index contributed by atoms with van der Waals surface area (Å²) in [4.78, 5) is 0. The Hall–Kier alpha value is -0.500. The second kappa shape index (κ2) is 8.63. The molecule has 2 heteroatoms. The van der Waals surface area contributed by atoms with E-state index in [0.29, 0.717) is 0 Å². The maximum absolute atomic E-state index is 5.68. The molecule has 0 aromatic carbocycles. The van der Waals surface area contributed by atoms with Crippen molar-refractivity contribution in [2.24, 2.45) is 5.41 Å². The molecular weight excluding hydrogens is 198 g/mol. The first-order chi connectivity index (χ1) is 7.54. The van der Waals surface area contributed by atoms with Crippen LogP contribution < -0.4 is 5.32 Å². The van der Waals surface area contributed by atoms with Crippen LogP contribution in [0.2, 0.25) is 0 Å². The van der Waals surface area contributed by atoms with Crippen molar-refractivity contribution in [1.82, 2.24) is 5.32 Å². The fourth-order valence-electron chi connectivity index (χ4n) is 1.38. The highest BCUT2D eigenvalue weighted by Crippen LogP contribution is 2.29. The van der Waals surface area contributed by atoms with E-state index in [1.807, 2.05) is 0 Å². The van der Waals surface area contributed by atoms with Gasteiger partial charge in [-0.15, -0.1) is 0 Å². The van der Waals surface area contributed by atoms with Gasteiger partial charge in [-0.2, -0.15) is 0 Å². The zero-order valence-corrected chi connectivity index (χ0v) is 11.6. The third kappa shape index (κ3) is 6.89. The van der Waals surface area contributed by atoms with Crippen molar-refractivity contribution in [2.45, 2.75) is 53.4 Å². The Bertz CT molecular complexity index is 187. The van der Waals surface area contributed by atoms with E-state index in [9.17, 15) is 0 Å². The van der Waals surface area contributed by atoms with Crippen molar-refractivity contribution in [3.05, 3.63) is 12.3 Å². The van der Waals surface area contributed by atoms with E-state index < -0.39 is 0 Å². The summed E-state index contributed by atoms with van der Waals surface area (Å²) in [5.41, 5.74) is 0.0779. The number of hydrogen-bond donors (Lipinski definition) is 1. The van der Waals surface area contributed by atoms with Crippen LogP contribution in [0.3, 0.4) is 0 Å². The molecule has 0 saturated carbocycles. The summed E-state index contributed by atoms with van der Waals surface area (Å²) in [5, 5.41) is 3.42. The normalized spacial score (nSPS) is 11.5. The molecule has 0 rings (SSSR count). The van der Waals surface area contributed by atoms with Crippen LogP contribution in [0.25, 0.3) is 0 Å². The molecule has 0 saturated heterocycles. The summed E-state index contributed by atoms with van der Waals surface area (Å²) in [6.07, 6.45) is 4.56. The van der Waals surface area contributed by atoms with Crippen LogP contribution in [0.15, 0.2) is 12.3 Å². The Morgan fingerprint density at radius 2 is 1.88 bits per heavy atom. The van der Waals surface area contributed by atoms with Crippen LogP contribution in [0.5, 0.6) is 0 Å². The molecule has 0 aromatic heterocycles. The fraction of sp³-hybridized carbons (Fsp3) is 0.857. The van der Waals surface area contributed by atoms with Crippen LogP contribution >= 0.6 is 0 Å². The van der Waals surface area contributed by atoms with Gasteiger partial charge in [-0.1, -0.05) is 40.7 Å². The number of ether oxygens (including phenoxy) is 1. The summed E-state index contributed by atoms with van der Waals surface area (Å²) in [7, 11) is 0. The number of allylic oxidation sites excluding steroid dienone is 1. The Kier molecular flexibility index (Phi) is 8.36. The Morgan fingerprint density at radius 3 is 2.44 bits per heavy atom. The second-order valence-corrected chi connectivity index (χ2v) is 5.01. The minimum atomic E-state index is 0.0779. The van der Waals surface area contributed by atoms with Gasteiger partial charge in [-0.25, -0.2) is 0 Å². The second-order valence-electron chi connectivity index (χ2n) is 5.01. The van der Waals surface area contributed by atoms with Crippen molar-refractivity contribution in [3.8, 4) is 0 Å². The topological polar surface area (TPSA) is 21.3 Å². The van der Waals surface area contributed by atoms with Crippen LogP contribution in [-0.4, -0.2) is 19.7 Å². The molecule has 96 valence electrons. The van der Waals surface area contributed by atoms with Gasteiger partial charge in [-0.3, -0.25) is 0 Å². The van der Waals surface area contributed by atoms with E-state index in [4.69, 9.17) is 4.74 Å². The predicted octanol–water partition coefficient (Wildman–Crippen LogP) is 3.73. The third-order valence-electron chi connectivity index (χ3n) is 2.88. The first-order valence-electron chi connectivity index (χ1n) is 6.57. The van der Waals surface area contributed by atoms with Crippen molar-refractivity contribution in [2.75, 3.05) is 19.7 Å². The molecule has 0 amide bonds. The molecule has 0 fully saturated rings. The third-order valence-corrected chi connectivity index (χ3v) is 2.88. The lowest BCUT2D eigenvalue weighted by molar-refractivity contribution is 0.137. The van der Waals surface area contributed by atoms with E-state index in [1.54, 1.807) is 0 Å². The molecule has 0 aliphatic heterocycles. The summed E-state index contributed by atoms with van der Waals surface area (Å²) in [6.45, 7) is 15.8. The van der Waals surface area contributed by atoms with Crippen molar-refractivity contribution in [3.63, 3.8) is 0 Å². The van der Waals surface area contributed by atoms with E-state index in [-0.39, 0.29) is 5.41 Å². The van der Waals surface area contributed by atoms with Gasteiger partial charge in [0.2, 0.25) is 0 Å². The van der Waals surface area contributed by atoms with Crippen molar-refractivity contribution < 1.29 is 4.74 Å². The van der Waals surface area contributed by atoms with Gasteiger partial charge in [-0.05, 0) is 32.4 Å². The minimum absolute atomic E-state index is 0.0779. The van der Waals surface area contributed by atoms with Gasteiger partial charge in [0.25, 0.3) is 0 Å². The molecule has 0 aliphatic carbocycles. The highest BCUT2D eigenvalue weighted by Gasteiger charge is 2.22. The molecule has 0 radical (unpaired) electrons. The zero-order valence-electron chi connectivity index (χ0n) is 11.6. The molecule has 16 heavy (non-hydrogen) atoms. The van der Waals surface area contributed by atoms with Crippen LogP contribution in [0.1, 0.15) is 53.4 Å². The lowest BCUT2D eigenvalue weighted by Gasteiger charge is -2.27. The van der Waals surface area contributed by atoms with Crippen LogP contribution in [0.4, 0.5) is 0 Å². The maximum Gasteiger partial charge on any atom is 0.0944 e. The van der Waals surface area contributed by atoms with Gasteiger partial charge in [0.15, 0.2) is 0 Å². The molecule has 0 atom stereocenters. The number of nitrogens with one attached hydrogen (secondary N) is 1. The van der Waals surface area contributed by atoms with Gasteiger partial charge in [0, 0.05) is 5.41 Å². The average Bonchev–Trinajstić information content (AvgIpc) is 2.24. The van der Waals surface area contributed by atoms with E-state index in [2.05, 4.69) is 39.6 Å². The quantitative estimate of drug-likeness (QED) is 0.453. The van der Waals surface area contributed by atoms with Crippen molar-refractivity contribution >= 4 is 0 Å². The summed E-state index contributed by atoms with van der Waals surface area (Å²) in [6, 6.07) is 0. The summed E-state index contributed by atoms with van der Waals surface area (Å²) in [5.74, 6) is 0.930. The van der Waals surface area contributed by atoms with E-state index >= 15 is 0 Å². The predicted molar refractivity (Wildman–Crippen MR) is 71.6 cm³/mol. The molecule has 0 aliphatic rings. The number of unbranched alkanes of at least 4 members (excludes halogenated alkanes) is 1. The molecule has 0 bridgehead atoms. The molecule has 0 heterocycles. The highest BCUT2D eigenvalue weighted by atomic mass is 16.5. The Balaban J connectivity index is 3.77.